The summed E-state index contributed by atoms with van der Waals surface area (Å²) in [4.78, 5) is 70.9. The summed E-state index contributed by atoms with van der Waals surface area (Å²) in [6.07, 6.45) is 7.48. The molecule has 6 rings (SSSR count). The Labute approximate surface area is 338 Å². The number of carbonyl (C=O) groups is 4. The zero-order chi connectivity index (χ0) is 41.6. The lowest BCUT2D eigenvalue weighted by molar-refractivity contribution is -0.128. The largest absolute Gasteiger partial charge is 0.453 e. The first-order valence-electron chi connectivity index (χ1n) is 19.6. The number of hydrogen-bond donors (Lipinski definition) is 5. The van der Waals surface area contributed by atoms with Gasteiger partial charge in [-0.2, -0.15) is 0 Å². The molecule has 306 valence electrons. The van der Waals surface area contributed by atoms with E-state index < -0.39 is 12.2 Å². The van der Waals surface area contributed by atoms with E-state index in [-0.39, 0.29) is 30.1 Å². The maximum atomic E-state index is 13.5. The van der Waals surface area contributed by atoms with Gasteiger partial charge in [-0.25, -0.2) is 24.5 Å². The van der Waals surface area contributed by atoms with Gasteiger partial charge in [0, 0.05) is 36.0 Å². The van der Waals surface area contributed by atoms with Gasteiger partial charge in [-0.3, -0.25) is 14.9 Å². The zero-order valence-corrected chi connectivity index (χ0v) is 34.0. The number of allylic oxidation sites excluding steroid dienone is 1. The molecule has 0 aliphatic carbocycles. The number of fused-ring (bicyclic) bond motifs is 1. The molecular weight excluding hydrogens is 739 g/mol. The highest BCUT2D eigenvalue weighted by molar-refractivity contribution is 5.97. The van der Waals surface area contributed by atoms with E-state index in [1.54, 1.807) is 24.9 Å². The molecule has 0 spiro atoms. The summed E-state index contributed by atoms with van der Waals surface area (Å²) in [5, 5.41) is 8.70. The normalized spacial score (nSPS) is 13.3. The molecule has 1 unspecified atom stereocenters. The smallest absolute Gasteiger partial charge is 0.411 e. The number of rotatable bonds is 13. The van der Waals surface area contributed by atoms with Crippen LogP contribution in [-0.4, -0.2) is 87.7 Å². The van der Waals surface area contributed by atoms with E-state index in [1.165, 1.54) is 20.6 Å². The van der Waals surface area contributed by atoms with Gasteiger partial charge in [0.2, 0.25) is 5.91 Å². The molecule has 5 N–H and O–H groups in total. The molecule has 15 nitrogen and oxygen atoms in total. The molecule has 3 aromatic heterocycles. The summed E-state index contributed by atoms with van der Waals surface area (Å²) in [7, 11) is 2.51. The summed E-state index contributed by atoms with van der Waals surface area (Å²) < 4.78 is 9.17. The molecule has 5 aromatic rings. The number of aromatic nitrogens is 5. The van der Waals surface area contributed by atoms with Crippen molar-refractivity contribution >= 4 is 34.9 Å². The fourth-order valence-electron chi connectivity index (χ4n) is 6.48. The molecule has 4 amide bonds. The van der Waals surface area contributed by atoms with Crippen LogP contribution in [0.4, 0.5) is 9.59 Å². The molecule has 58 heavy (non-hydrogen) atoms. The minimum atomic E-state index is -0.683. The third-order valence-corrected chi connectivity index (χ3v) is 9.41. The Balaban J connectivity index is 0.00000207. The van der Waals surface area contributed by atoms with Gasteiger partial charge in [0.25, 0.3) is 5.91 Å². The summed E-state index contributed by atoms with van der Waals surface area (Å²) in [5.41, 5.74) is 7.34. The number of nitrogens with zero attached hydrogens (tertiary/aromatic N) is 4. The number of H-pyrrole nitrogens is 2. The van der Waals surface area contributed by atoms with E-state index >= 15 is 0 Å². The fourth-order valence-corrected chi connectivity index (χ4v) is 6.48. The van der Waals surface area contributed by atoms with Crippen LogP contribution in [0.2, 0.25) is 0 Å². The number of hydrogen-bond acceptors (Lipinski definition) is 9. The van der Waals surface area contributed by atoms with E-state index in [0.717, 1.165) is 82.6 Å². The topological polar surface area (TPSA) is 196 Å². The number of amides is 4. The minimum Gasteiger partial charge on any atom is -0.453 e. The first-order valence-corrected chi connectivity index (χ1v) is 19.6. The van der Waals surface area contributed by atoms with Crippen LogP contribution in [0.15, 0.2) is 78.3 Å². The number of methoxy groups -OCH3 is 2. The number of likely N-dealkylation sites (tertiary alicyclic amines) is 1. The number of alkyl carbamates (subject to hydrolysis) is 2. The molecule has 15 heteroatoms. The predicted octanol–water partition coefficient (Wildman–Crippen LogP) is 7.21. The van der Waals surface area contributed by atoms with Gasteiger partial charge in [-0.1, -0.05) is 56.7 Å². The second kappa shape index (κ2) is 20.6. The lowest BCUT2D eigenvalue weighted by Crippen LogP contribution is -2.39. The number of benzene rings is 2. The molecule has 4 heterocycles. The number of unbranched alkanes of at least 4 members (excludes halogenated alkanes) is 1. The average Bonchev–Trinajstić information content (AvgIpc) is 4.03. The van der Waals surface area contributed by atoms with Gasteiger partial charge in [0.05, 0.1) is 61.8 Å². The summed E-state index contributed by atoms with van der Waals surface area (Å²) in [5.74, 6) is 1.04. The van der Waals surface area contributed by atoms with Crippen molar-refractivity contribution < 1.29 is 28.7 Å². The molecular formula is C43H53N9O6. The van der Waals surface area contributed by atoms with Gasteiger partial charge in [0.1, 0.15) is 17.3 Å². The number of pyridine rings is 1. The molecule has 0 saturated carbocycles. The molecule has 2 aromatic carbocycles. The Morgan fingerprint density at radius 1 is 0.828 bits per heavy atom. The van der Waals surface area contributed by atoms with Crippen molar-refractivity contribution in [3.63, 3.8) is 0 Å². The molecule has 1 aliphatic heterocycles. The van der Waals surface area contributed by atoms with Gasteiger partial charge in [-0.15, -0.1) is 0 Å². The van der Waals surface area contributed by atoms with Crippen molar-refractivity contribution in [1.29, 1.82) is 0 Å². The van der Waals surface area contributed by atoms with Crippen LogP contribution in [0.25, 0.3) is 44.7 Å². The standard InChI is InChI=1S/C40H45N9O6.C3H8/c1-24(2)36(48-40(53)55-4)38(51)49-19-7-8-33(49)37-43-22-31(47-37)26-12-10-25(11-13-26)29-16-14-27-20-28(15-17-30(27)45-29)32-21-42-34(46-32)9-5-6-18-41-35(50)23-44-39(52)54-3;1-3-2/h10-17,20-22,33H,5-9,18-19,23H2,1-4H3,(H,41,50)(H,42,46)(H,43,47)(H,44,52)(H,48,53);3H2,1-2H3. The molecule has 1 aliphatic rings. The van der Waals surface area contributed by atoms with Crippen molar-refractivity contribution in [2.24, 2.45) is 0 Å². The van der Waals surface area contributed by atoms with E-state index in [4.69, 9.17) is 9.72 Å². The maximum Gasteiger partial charge on any atom is 0.411 e. The van der Waals surface area contributed by atoms with Crippen molar-refractivity contribution in [2.45, 2.75) is 72.3 Å². The van der Waals surface area contributed by atoms with E-state index in [2.05, 4.69) is 66.6 Å². The van der Waals surface area contributed by atoms with Crippen LogP contribution in [0.5, 0.6) is 0 Å². The Morgan fingerprint density at radius 2 is 1.52 bits per heavy atom. The Kier molecular flexibility index (Phi) is 15.1. The summed E-state index contributed by atoms with van der Waals surface area (Å²) in [6, 6.07) is 18.1. The predicted molar refractivity (Wildman–Crippen MR) is 222 cm³/mol. The van der Waals surface area contributed by atoms with Crippen molar-refractivity contribution in [1.82, 2.24) is 45.8 Å². The molecule has 0 bridgehead atoms. The first-order chi connectivity index (χ1) is 28.0. The van der Waals surface area contributed by atoms with E-state index in [1.807, 2.05) is 48.7 Å². The zero-order valence-electron chi connectivity index (χ0n) is 34.0. The molecule has 1 atom stereocenters. The Bertz CT molecular complexity index is 2220. The number of aromatic amines is 2. The third-order valence-electron chi connectivity index (χ3n) is 9.41. The Hall–Kier alpha value is -6.51. The van der Waals surface area contributed by atoms with Crippen LogP contribution in [0.3, 0.4) is 0 Å². The van der Waals surface area contributed by atoms with Crippen LogP contribution in [0, 0.1) is 0 Å². The van der Waals surface area contributed by atoms with Crippen LogP contribution < -0.4 is 16.0 Å². The second-order valence-corrected chi connectivity index (χ2v) is 14.1. The number of carbonyl (C=O) groups excluding carboxylic acids is 4. The molecule has 1 saturated heterocycles. The van der Waals surface area contributed by atoms with Gasteiger partial charge in [-0.05, 0) is 68.9 Å². The van der Waals surface area contributed by atoms with Crippen molar-refractivity contribution in [2.75, 3.05) is 33.9 Å². The second-order valence-electron chi connectivity index (χ2n) is 14.1. The van der Waals surface area contributed by atoms with Crippen molar-refractivity contribution in [3.05, 3.63) is 89.9 Å². The highest BCUT2D eigenvalue weighted by atomic mass is 16.5. The third kappa shape index (κ3) is 11.1. The maximum absolute atomic E-state index is 13.5. The van der Waals surface area contributed by atoms with Crippen LogP contribution in [0.1, 0.15) is 77.5 Å². The SMILES string of the molecule is CCC.COC(=O)NCC(=O)NCCCCc1ncc(-c2ccc3nc(-c4ccc(-c5cnc(C6CCCN6C(=O)C(NC(=O)OC)=C(C)C)[nH]5)cc4)ccc3c2)[nH]1. The molecule has 0 radical (unpaired) electrons. The number of ether oxygens (including phenoxy) is 2. The van der Waals surface area contributed by atoms with E-state index in [9.17, 15) is 19.2 Å². The fraction of sp³-hybridized carbons (Fsp3) is 0.372. The van der Waals surface area contributed by atoms with Gasteiger partial charge in [0.15, 0.2) is 0 Å². The molecule has 1 fully saturated rings. The van der Waals surface area contributed by atoms with Crippen molar-refractivity contribution in [3.8, 4) is 33.8 Å². The number of imidazole rings is 2. The lowest BCUT2D eigenvalue weighted by Gasteiger charge is -2.25. The summed E-state index contributed by atoms with van der Waals surface area (Å²) >= 11 is 0. The monoisotopic (exact) mass is 791 g/mol. The first kappa shape index (κ1) is 42.6. The van der Waals surface area contributed by atoms with E-state index in [0.29, 0.717) is 24.5 Å². The number of nitrogens with one attached hydrogen (secondary N) is 5. The Morgan fingerprint density at radius 3 is 2.24 bits per heavy atom. The van der Waals surface area contributed by atoms with Gasteiger partial charge < -0.3 is 35.0 Å². The van der Waals surface area contributed by atoms with Gasteiger partial charge >= 0.3 is 12.2 Å². The quantitative estimate of drug-likeness (QED) is 0.0605. The van der Waals surface area contributed by atoms with Crippen LogP contribution in [-0.2, 0) is 25.5 Å². The lowest BCUT2D eigenvalue weighted by atomic mass is 10.0. The number of aryl methyl sites for hydroxylation is 1. The highest BCUT2D eigenvalue weighted by Crippen LogP contribution is 2.33. The summed E-state index contributed by atoms with van der Waals surface area (Å²) in [6.45, 7) is 8.75. The van der Waals surface area contributed by atoms with Crippen LogP contribution >= 0.6 is 0 Å². The highest BCUT2D eigenvalue weighted by Gasteiger charge is 2.34. The average molecular weight is 792 g/mol. The minimum absolute atomic E-state index is 0.120.